The van der Waals surface area contributed by atoms with Crippen LogP contribution in [0.5, 0.6) is 6.01 Å². The largest absolute Gasteiger partial charge is 0.463 e. The molecule has 1 rings (SSSR count). The fourth-order valence-corrected chi connectivity index (χ4v) is 3.44. The Balaban J connectivity index is 3.19. The summed E-state index contributed by atoms with van der Waals surface area (Å²) in [4.78, 5) is 12.2. The first kappa shape index (κ1) is 23.7. The number of hydrogen-bond acceptors (Lipinski definition) is 4. The molecule has 156 valence electrons. The number of aryl methyl sites for hydroxylation is 1. The van der Waals surface area contributed by atoms with Crippen molar-refractivity contribution in [1.82, 2.24) is 9.97 Å². The lowest BCUT2D eigenvalue weighted by Crippen LogP contribution is -2.35. The molecule has 0 fully saturated rings. The second-order valence-corrected chi connectivity index (χ2v) is 7.87. The number of unbranched alkanes of at least 4 members (excludes halogenated alkanes) is 1. The highest BCUT2D eigenvalue weighted by Crippen LogP contribution is 2.28. The maximum atomic E-state index is 6.07. The number of rotatable bonds is 14. The van der Waals surface area contributed by atoms with Crippen LogP contribution in [0.15, 0.2) is 0 Å². The number of anilines is 1. The molecule has 0 aromatic carbocycles. The number of hydrogen-bond donors (Lipinski definition) is 0. The fraction of sp³-hybridized carbons (Fsp3) is 0.826. The molecule has 1 heterocycles. The zero-order valence-corrected chi connectivity index (χ0v) is 19.0. The molecule has 0 bridgehead atoms. The zero-order chi connectivity index (χ0) is 20.2. The molecule has 0 unspecified atom stereocenters. The van der Waals surface area contributed by atoms with Gasteiger partial charge in [0.2, 0.25) is 0 Å². The van der Waals surface area contributed by atoms with Crippen molar-refractivity contribution in [2.24, 2.45) is 5.92 Å². The van der Waals surface area contributed by atoms with Crippen LogP contribution in [0.3, 0.4) is 0 Å². The lowest BCUT2D eigenvalue weighted by atomic mass is 10.0. The molecule has 0 saturated heterocycles. The standard InChI is InChI=1S/C23H43N3O/c1-8-13-15-18(6)17-27-23-24-21(12-5)20(14-9-2)22(25-23)26(16-10-3)19(7)11-4/h18-19H,8-17H2,1-7H3/t18-,19-/m0/s1. The van der Waals surface area contributed by atoms with Crippen LogP contribution in [0.1, 0.15) is 98.2 Å². The molecule has 2 atom stereocenters. The molecule has 27 heavy (non-hydrogen) atoms. The smallest absolute Gasteiger partial charge is 0.318 e. The van der Waals surface area contributed by atoms with E-state index >= 15 is 0 Å². The highest BCUT2D eigenvalue weighted by molar-refractivity contribution is 5.51. The van der Waals surface area contributed by atoms with Crippen LogP contribution in [0, 0.1) is 5.92 Å². The van der Waals surface area contributed by atoms with Crippen molar-refractivity contribution in [2.45, 2.75) is 106 Å². The molecule has 0 saturated carbocycles. The first-order valence-corrected chi connectivity index (χ1v) is 11.3. The predicted octanol–water partition coefficient (Wildman–Crippen LogP) is 6.21. The summed E-state index contributed by atoms with van der Waals surface area (Å²) >= 11 is 0. The van der Waals surface area contributed by atoms with Crippen molar-refractivity contribution < 1.29 is 4.74 Å². The van der Waals surface area contributed by atoms with E-state index < -0.39 is 0 Å². The summed E-state index contributed by atoms with van der Waals surface area (Å²) in [6.07, 6.45) is 8.98. The third kappa shape index (κ3) is 7.31. The summed E-state index contributed by atoms with van der Waals surface area (Å²) in [5.74, 6) is 1.65. The Morgan fingerprint density at radius 3 is 2.26 bits per heavy atom. The molecule has 0 spiro atoms. The van der Waals surface area contributed by atoms with Crippen molar-refractivity contribution >= 4 is 5.82 Å². The van der Waals surface area contributed by atoms with Crippen molar-refractivity contribution in [3.05, 3.63) is 11.3 Å². The van der Waals surface area contributed by atoms with Gasteiger partial charge in [0.05, 0.1) is 12.3 Å². The van der Waals surface area contributed by atoms with Gasteiger partial charge in [0, 0.05) is 18.2 Å². The maximum absolute atomic E-state index is 6.07. The van der Waals surface area contributed by atoms with Crippen molar-refractivity contribution in [2.75, 3.05) is 18.1 Å². The van der Waals surface area contributed by atoms with E-state index in [2.05, 4.69) is 53.4 Å². The SMILES string of the molecule is CCCC[C@H](C)COc1nc(CC)c(CCC)c(N(CCC)[C@@H](C)CC)n1. The first-order chi connectivity index (χ1) is 13.0. The van der Waals surface area contributed by atoms with Crippen LogP contribution in [0.25, 0.3) is 0 Å². The molecule has 0 aliphatic rings. The Labute approximate surface area is 168 Å². The van der Waals surface area contributed by atoms with Gasteiger partial charge in [-0.2, -0.15) is 9.97 Å². The van der Waals surface area contributed by atoms with Gasteiger partial charge >= 0.3 is 6.01 Å². The molecule has 0 radical (unpaired) electrons. The number of ether oxygens (including phenoxy) is 1. The molecule has 1 aromatic rings. The topological polar surface area (TPSA) is 38.2 Å². The normalized spacial score (nSPS) is 13.4. The molecule has 4 nitrogen and oxygen atoms in total. The Hall–Kier alpha value is -1.32. The Bertz CT molecular complexity index is 533. The lowest BCUT2D eigenvalue weighted by molar-refractivity contribution is 0.231. The summed E-state index contributed by atoms with van der Waals surface area (Å²) in [5.41, 5.74) is 2.47. The average molecular weight is 378 g/mol. The minimum absolute atomic E-state index is 0.469. The van der Waals surface area contributed by atoms with Crippen LogP contribution in [0.2, 0.25) is 0 Å². The minimum Gasteiger partial charge on any atom is -0.463 e. The second-order valence-electron chi connectivity index (χ2n) is 7.87. The molecular formula is C23H43N3O. The van der Waals surface area contributed by atoms with Gasteiger partial charge in [0.15, 0.2) is 0 Å². The Morgan fingerprint density at radius 2 is 1.70 bits per heavy atom. The molecule has 4 heteroatoms. The van der Waals surface area contributed by atoms with Crippen molar-refractivity contribution in [3.63, 3.8) is 0 Å². The van der Waals surface area contributed by atoms with Crippen molar-refractivity contribution in [3.8, 4) is 6.01 Å². The van der Waals surface area contributed by atoms with Crippen LogP contribution in [-0.4, -0.2) is 29.2 Å². The predicted molar refractivity (Wildman–Crippen MR) is 117 cm³/mol. The summed E-state index contributed by atoms with van der Waals surface area (Å²) in [7, 11) is 0. The zero-order valence-electron chi connectivity index (χ0n) is 19.0. The summed E-state index contributed by atoms with van der Waals surface area (Å²) in [6, 6.07) is 1.03. The third-order valence-electron chi connectivity index (χ3n) is 5.29. The first-order valence-electron chi connectivity index (χ1n) is 11.3. The van der Waals surface area contributed by atoms with Crippen LogP contribution < -0.4 is 9.64 Å². The monoisotopic (exact) mass is 377 g/mol. The van der Waals surface area contributed by atoms with Gasteiger partial charge in [-0.25, -0.2) is 0 Å². The van der Waals surface area contributed by atoms with Gasteiger partial charge in [0.1, 0.15) is 5.82 Å². The van der Waals surface area contributed by atoms with Crippen molar-refractivity contribution in [1.29, 1.82) is 0 Å². The maximum Gasteiger partial charge on any atom is 0.318 e. The van der Waals surface area contributed by atoms with Gasteiger partial charge < -0.3 is 9.64 Å². The molecule has 0 N–H and O–H groups in total. The molecular weight excluding hydrogens is 334 g/mol. The molecule has 0 amide bonds. The third-order valence-corrected chi connectivity index (χ3v) is 5.29. The molecule has 0 aliphatic carbocycles. The highest BCUT2D eigenvalue weighted by atomic mass is 16.5. The highest BCUT2D eigenvalue weighted by Gasteiger charge is 2.22. The van der Waals surface area contributed by atoms with Crippen LogP contribution in [0.4, 0.5) is 5.82 Å². The van der Waals surface area contributed by atoms with E-state index in [1.807, 2.05) is 0 Å². The summed E-state index contributed by atoms with van der Waals surface area (Å²) in [5, 5.41) is 0. The number of nitrogens with zero attached hydrogens (tertiary/aromatic N) is 3. The van der Waals surface area contributed by atoms with Gasteiger partial charge in [0.25, 0.3) is 0 Å². The van der Waals surface area contributed by atoms with Gasteiger partial charge in [-0.1, -0.05) is 60.8 Å². The number of aromatic nitrogens is 2. The Morgan fingerprint density at radius 1 is 0.963 bits per heavy atom. The van der Waals surface area contributed by atoms with E-state index in [4.69, 9.17) is 14.7 Å². The average Bonchev–Trinajstić information content (AvgIpc) is 2.69. The Kier molecular flexibility index (Phi) is 11.4. The van der Waals surface area contributed by atoms with Gasteiger partial charge in [-0.05, 0) is 44.9 Å². The van der Waals surface area contributed by atoms with Gasteiger partial charge in [-0.15, -0.1) is 0 Å². The quantitative estimate of drug-likeness (QED) is 0.386. The van der Waals surface area contributed by atoms with Crippen LogP contribution in [-0.2, 0) is 12.8 Å². The van der Waals surface area contributed by atoms with Crippen LogP contribution >= 0.6 is 0 Å². The van der Waals surface area contributed by atoms with E-state index in [0.29, 0.717) is 24.6 Å². The fourth-order valence-electron chi connectivity index (χ4n) is 3.44. The van der Waals surface area contributed by atoms with E-state index in [9.17, 15) is 0 Å². The van der Waals surface area contributed by atoms with E-state index in [1.165, 1.54) is 24.8 Å². The van der Waals surface area contributed by atoms with E-state index in [1.54, 1.807) is 0 Å². The summed E-state index contributed by atoms with van der Waals surface area (Å²) < 4.78 is 6.07. The summed E-state index contributed by atoms with van der Waals surface area (Å²) in [6.45, 7) is 17.4. The van der Waals surface area contributed by atoms with E-state index in [0.717, 1.165) is 50.2 Å². The molecule has 1 aromatic heterocycles. The second kappa shape index (κ2) is 13.0. The van der Waals surface area contributed by atoms with Gasteiger partial charge in [-0.3, -0.25) is 0 Å². The van der Waals surface area contributed by atoms with E-state index in [-0.39, 0.29) is 0 Å². The minimum atomic E-state index is 0.469. The molecule has 0 aliphatic heterocycles. The lowest BCUT2D eigenvalue weighted by Gasteiger charge is -2.32.